The summed E-state index contributed by atoms with van der Waals surface area (Å²) in [6.45, 7) is 8.51. The van der Waals surface area contributed by atoms with E-state index >= 15 is 0 Å². The number of hydrogen-bond acceptors (Lipinski definition) is 7. The Hall–Kier alpha value is -2.03. The molecule has 1 amide bonds. The maximum absolute atomic E-state index is 12.5. The lowest BCUT2D eigenvalue weighted by Gasteiger charge is -2.31. The first-order chi connectivity index (χ1) is 13.7. The minimum atomic E-state index is -0.189. The number of aromatic nitrogens is 2. The monoisotopic (exact) mass is 401 g/mol. The van der Waals surface area contributed by atoms with Crippen LogP contribution in [0.15, 0.2) is 23.7 Å². The second kappa shape index (κ2) is 8.98. The van der Waals surface area contributed by atoms with E-state index in [0.717, 1.165) is 62.7 Å². The number of hydrogen-bond donors (Lipinski definition) is 1. The van der Waals surface area contributed by atoms with E-state index in [4.69, 9.17) is 4.74 Å². The van der Waals surface area contributed by atoms with Gasteiger partial charge in [-0.1, -0.05) is 6.92 Å². The summed E-state index contributed by atoms with van der Waals surface area (Å²) in [4.78, 5) is 26.1. The molecule has 2 aromatic rings. The highest BCUT2D eigenvalue weighted by molar-refractivity contribution is 7.09. The molecule has 0 atom stereocenters. The number of piperidine rings is 1. The largest absolute Gasteiger partial charge is 0.379 e. The number of rotatable bonds is 5. The fourth-order valence-corrected chi connectivity index (χ4v) is 4.33. The molecule has 2 aromatic heterocycles. The number of thiazole rings is 1. The maximum atomic E-state index is 12.5. The van der Waals surface area contributed by atoms with Gasteiger partial charge in [-0.05, 0) is 30.9 Å². The number of pyridine rings is 1. The van der Waals surface area contributed by atoms with E-state index in [1.54, 1.807) is 6.20 Å². The summed E-state index contributed by atoms with van der Waals surface area (Å²) < 4.78 is 5.37. The van der Waals surface area contributed by atoms with Crippen molar-refractivity contribution in [3.63, 3.8) is 0 Å². The van der Waals surface area contributed by atoms with E-state index in [1.807, 2.05) is 17.5 Å². The van der Waals surface area contributed by atoms with Gasteiger partial charge in [-0.2, -0.15) is 0 Å². The summed E-state index contributed by atoms with van der Waals surface area (Å²) >= 11 is 1.53. The average Bonchev–Trinajstić information content (AvgIpc) is 3.19. The fraction of sp³-hybridized carbons (Fsp3) is 0.550. The number of carbonyl (C=O) groups is 1. The van der Waals surface area contributed by atoms with Crippen molar-refractivity contribution in [1.82, 2.24) is 14.9 Å². The zero-order valence-corrected chi connectivity index (χ0v) is 17.1. The van der Waals surface area contributed by atoms with Crippen molar-refractivity contribution in [2.75, 3.05) is 49.6 Å². The van der Waals surface area contributed by atoms with Crippen LogP contribution in [0, 0.1) is 5.92 Å². The van der Waals surface area contributed by atoms with Crippen molar-refractivity contribution in [2.45, 2.75) is 26.3 Å². The van der Waals surface area contributed by atoms with Crippen molar-refractivity contribution >= 4 is 28.7 Å². The van der Waals surface area contributed by atoms with Gasteiger partial charge in [-0.3, -0.25) is 9.69 Å². The molecule has 0 aliphatic carbocycles. The first-order valence-electron chi connectivity index (χ1n) is 9.94. The van der Waals surface area contributed by atoms with Crippen molar-refractivity contribution in [3.8, 4) is 0 Å². The molecule has 0 bridgehead atoms. The van der Waals surface area contributed by atoms with E-state index in [-0.39, 0.29) is 5.91 Å². The number of morpholine rings is 1. The molecular weight excluding hydrogens is 374 g/mol. The second-order valence-corrected chi connectivity index (χ2v) is 8.49. The molecule has 2 saturated heterocycles. The van der Waals surface area contributed by atoms with E-state index in [0.29, 0.717) is 11.4 Å². The number of anilines is 2. The van der Waals surface area contributed by atoms with Gasteiger partial charge < -0.3 is 15.0 Å². The molecule has 2 aliphatic rings. The van der Waals surface area contributed by atoms with Crippen molar-refractivity contribution < 1.29 is 9.53 Å². The Kier molecular flexibility index (Phi) is 6.19. The first-order valence-corrected chi connectivity index (χ1v) is 10.8. The fourth-order valence-electron chi connectivity index (χ4n) is 3.52. The van der Waals surface area contributed by atoms with Gasteiger partial charge >= 0.3 is 0 Å². The smallest absolute Gasteiger partial charge is 0.275 e. The summed E-state index contributed by atoms with van der Waals surface area (Å²) in [5.74, 6) is 1.58. The van der Waals surface area contributed by atoms with Crippen LogP contribution in [0.5, 0.6) is 0 Å². The third kappa shape index (κ3) is 4.87. The number of ether oxygens (including phenoxy) is 1. The van der Waals surface area contributed by atoms with E-state index in [2.05, 4.69) is 32.0 Å². The Labute approximate surface area is 169 Å². The maximum Gasteiger partial charge on any atom is 0.275 e. The van der Waals surface area contributed by atoms with Gasteiger partial charge in [-0.15, -0.1) is 11.3 Å². The normalized spacial score (nSPS) is 19.0. The molecular formula is C20H27N5O2S. The lowest BCUT2D eigenvalue weighted by Crippen LogP contribution is -2.35. The quantitative estimate of drug-likeness (QED) is 0.831. The van der Waals surface area contributed by atoms with Gasteiger partial charge in [0.2, 0.25) is 0 Å². The Morgan fingerprint density at radius 2 is 2.04 bits per heavy atom. The second-order valence-electron chi connectivity index (χ2n) is 7.54. The summed E-state index contributed by atoms with van der Waals surface area (Å²) in [6, 6.07) is 3.90. The molecule has 8 heteroatoms. The average molecular weight is 402 g/mol. The van der Waals surface area contributed by atoms with E-state index < -0.39 is 0 Å². The van der Waals surface area contributed by atoms with Crippen LogP contribution in [0.25, 0.3) is 0 Å². The van der Waals surface area contributed by atoms with Crippen LogP contribution in [-0.4, -0.2) is 60.2 Å². The zero-order valence-electron chi connectivity index (χ0n) is 16.3. The van der Waals surface area contributed by atoms with Crippen LogP contribution >= 0.6 is 11.3 Å². The highest BCUT2D eigenvalue weighted by Crippen LogP contribution is 2.22. The summed E-state index contributed by atoms with van der Waals surface area (Å²) in [7, 11) is 0. The first kappa shape index (κ1) is 19.3. The van der Waals surface area contributed by atoms with Gasteiger partial charge in [0.05, 0.1) is 31.6 Å². The van der Waals surface area contributed by atoms with Crippen molar-refractivity contribution in [1.29, 1.82) is 0 Å². The van der Waals surface area contributed by atoms with Gasteiger partial charge in [0.15, 0.2) is 0 Å². The lowest BCUT2D eigenvalue weighted by molar-refractivity contribution is 0.0341. The third-order valence-corrected chi connectivity index (χ3v) is 6.19. The minimum absolute atomic E-state index is 0.189. The predicted octanol–water partition coefficient (Wildman–Crippen LogP) is 2.86. The Balaban J connectivity index is 1.32. The molecule has 0 radical (unpaired) electrons. The molecule has 2 fully saturated rings. The summed E-state index contributed by atoms with van der Waals surface area (Å²) in [5.41, 5.74) is 1.16. The number of carbonyl (C=O) groups excluding carboxylic acids is 1. The van der Waals surface area contributed by atoms with Crippen LogP contribution in [-0.2, 0) is 11.3 Å². The van der Waals surface area contributed by atoms with Crippen LogP contribution < -0.4 is 10.2 Å². The lowest BCUT2D eigenvalue weighted by atomic mass is 9.99. The molecule has 150 valence electrons. The summed E-state index contributed by atoms with van der Waals surface area (Å²) in [5, 5.41) is 5.68. The van der Waals surface area contributed by atoms with Crippen LogP contribution in [0.3, 0.4) is 0 Å². The molecule has 0 aromatic carbocycles. The topological polar surface area (TPSA) is 70.6 Å². The highest BCUT2D eigenvalue weighted by atomic mass is 32.1. The number of amides is 1. The van der Waals surface area contributed by atoms with E-state index in [9.17, 15) is 4.79 Å². The molecule has 0 spiro atoms. The molecule has 7 nitrogen and oxygen atoms in total. The SMILES string of the molecule is CC1CCN(c2ccc(NC(=O)c3csc(CN4CCOCC4)n3)cn2)CC1. The molecule has 0 unspecified atom stereocenters. The molecule has 0 saturated carbocycles. The van der Waals surface area contributed by atoms with Crippen molar-refractivity contribution in [2.24, 2.45) is 5.92 Å². The Morgan fingerprint density at radius 1 is 1.25 bits per heavy atom. The number of nitrogens with one attached hydrogen (secondary N) is 1. The standard InChI is InChI=1S/C20H27N5O2S/c1-15-4-6-25(7-5-15)18-3-2-16(12-21-18)22-20(26)17-14-28-19(23-17)13-24-8-10-27-11-9-24/h2-3,12,14-15H,4-11,13H2,1H3,(H,22,26). The number of nitrogens with zero attached hydrogens (tertiary/aromatic N) is 4. The molecule has 28 heavy (non-hydrogen) atoms. The van der Waals surface area contributed by atoms with Gasteiger partial charge in [-0.25, -0.2) is 9.97 Å². The van der Waals surface area contributed by atoms with E-state index in [1.165, 1.54) is 24.2 Å². The van der Waals surface area contributed by atoms with Gasteiger partial charge in [0.25, 0.3) is 5.91 Å². The molecule has 2 aliphatic heterocycles. The summed E-state index contributed by atoms with van der Waals surface area (Å²) in [6.07, 6.45) is 4.14. The Morgan fingerprint density at radius 3 is 2.75 bits per heavy atom. The highest BCUT2D eigenvalue weighted by Gasteiger charge is 2.18. The van der Waals surface area contributed by atoms with Gasteiger partial charge in [0.1, 0.15) is 16.5 Å². The van der Waals surface area contributed by atoms with Gasteiger partial charge in [0, 0.05) is 31.6 Å². The van der Waals surface area contributed by atoms with Crippen LogP contribution in [0.4, 0.5) is 11.5 Å². The zero-order chi connectivity index (χ0) is 19.3. The van der Waals surface area contributed by atoms with Crippen LogP contribution in [0.2, 0.25) is 0 Å². The molecule has 4 heterocycles. The predicted molar refractivity (Wildman–Crippen MR) is 111 cm³/mol. The van der Waals surface area contributed by atoms with Crippen molar-refractivity contribution in [3.05, 3.63) is 34.4 Å². The van der Waals surface area contributed by atoms with Crippen LogP contribution in [0.1, 0.15) is 35.3 Å². The molecule has 4 rings (SSSR count). The third-order valence-electron chi connectivity index (χ3n) is 5.36. The Bertz CT molecular complexity index is 780. The minimum Gasteiger partial charge on any atom is -0.379 e. The molecule has 1 N–H and O–H groups in total.